The van der Waals surface area contributed by atoms with Crippen LogP contribution in [0.4, 0.5) is 0 Å². The smallest absolute Gasteiger partial charge is 0.194 e. The molecule has 0 aromatic rings. The SMILES string of the molecule is CCCCCCN1[C+]=C(C=N)C=C1. The lowest BCUT2D eigenvalue weighted by molar-refractivity contribution is 0.462. The van der Waals surface area contributed by atoms with Gasteiger partial charge in [0, 0.05) is 0 Å². The first-order valence-electron chi connectivity index (χ1n) is 4.95. The highest BCUT2D eigenvalue weighted by atomic mass is 15.1. The van der Waals surface area contributed by atoms with Crippen molar-refractivity contribution < 1.29 is 0 Å². The number of hydrogen-bond acceptors (Lipinski definition) is 2. The van der Waals surface area contributed by atoms with Crippen LogP contribution in [-0.2, 0) is 0 Å². The van der Waals surface area contributed by atoms with Gasteiger partial charge in [0.05, 0.1) is 12.6 Å². The van der Waals surface area contributed by atoms with Crippen molar-refractivity contribution in [3.05, 3.63) is 24.0 Å². The van der Waals surface area contributed by atoms with Gasteiger partial charge in [0.25, 0.3) is 0 Å². The first-order valence-corrected chi connectivity index (χ1v) is 4.95. The monoisotopic (exact) mass is 177 g/mol. The average Bonchev–Trinajstić information content (AvgIpc) is 2.60. The largest absolute Gasteiger partial charge is 0.258 e. The Morgan fingerprint density at radius 3 is 2.92 bits per heavy atom. The highest BCUT2D eigenvalue weighted by Crippen LogP contribution is 2.09. The topological polar surface area (TPSA) is 27.1 Å². The Morgan fingerprint density at radius 1 is 1.46 bits per heavy atom. The summed E-state index contributed by atoms with van der Waals surface area (Å²) in [6.45, 7) is 3.25. The fourth-order valence-corrected chi connectivity index (χ4v) is 1.33. The maximum atomic E-state index is 7.03. The second-order valence-corrected chi connectivity index (χ2v) is 3.28. The molecule has 1 aliphatic heterocycles. The van der Waals surface area contributed by atoms with Gasteiger partial charge in [-0.1, -0.05) is 26.2 Å². The molecule has 1 aliphatic rings. The fourth-order valence-electron chi connectivity index (χ4n) is 1.33. The van der Waals surface area contributed by atoms with E-state index in [0.717, 1.165) is 12.1 Å². The lowest BCUT2D eigenvalue weighted by Crippen LogP contribution is -2.09. The molecule has 0 unspecified atom stereocenters. The van der Waals surface area contributed by atoms with Crippen LogP contribution in [0.2, 0.25) is 0 Å². The van der Waals surface area contributed by atoms with E-state index < -0.39 is 0 Å². The van der Waals surface area contributed by atoms with E-state index in [4.69, 9.17) is 5.41 Å². The number of allylic oxidation sites excluding steroid dienone is 2. The van der Waals surface area contributed by atoms with Gasteiger partial charge in [-0.15, -0.1) is 0 Å². The van der Waals surface area contributed by atoms with Crippen LogP contribution in [0, 0.1) is 11.6 Å². The van der Waals surface area contributed by atoms with Gasteiger partial charge in [-0.05, 0) is 6.42 Å². The summed E-state index contributed by atoms with van der Waals surface area (Å²) < 4.78 is 0. The van der Waals surface area contributed by atoms with Crippen molar-refractivity contribution in [1.82, 2.24) is 4.90 Å². The molecular weight excluding hydrogens is 160 g/mol. The van der Waals surface area contributed by atoms with Gasteiger partial charge >= 0.3 is 0 Å². The Bertz CT molecular complexity index is 216. The van der Waals surface area contributed by atoms with E-state index in [1.54, 1.807) is 0 Å². The number of unbranched alkanes of at least 4 members (excludes halogenated alkanes) is 3. The average molecular weight is 177 g/mol. The van der Waals surface area contributed by atoms with E-state index in [0.29, 0.717) is 0 Å². The highest BCUT2D eigenvalue weighted by Gasteiger charge is 2.12. The van der Waals surface area contributed by atoms with Crippen molar-refractivity contribution >= 4 is 6.21 Å². The summed E-state index contributed by atoms with van der Waals surface area (Å²) in [7, 11) is 0. The second kappa shape index (κ2) is 5.50. The van der Waals surface area contributed by atoms with E-state index in [1.165, 1.54) is 31.9 Å². The fraction of sp³-hybridized carbons (Fsp3) is 0.545. The Morgan fingerprint density at radius 2 is 2.31 bits per heavy atom. The zero-order valence-corrected chi connectivity index (χ0v) is 8.21. The Hall–Kier alpha value is -1.14. The molecule has 0 aromatic heterocycles. The molecule has 1 heterocycles. The van der Waals surface area contributed by atoms with Crippen LogP contribution >= 0.6 is 0 Å². The molecule has 0 aromatic carbocycles. The molecule has 2 nitrogen and oxygen atoms in total. The highest BCUT2D eigenvalue weighted by molar-refractivity contribution is 5.79. The molecule has 13 heavy (non-hydrogen) atoms. The first kappa shape index (κ1) is 9.94. The molecule has 0 radical (unpaired) electrons. The quantitative estimate of drug-likeness (QED) is 0.377. The number of rotatable bonds is 6. The van der Waals surface area contributed by atoms with Crippen LogP contribution in [0.3, 0.4) is 0 Å². The van der Waals surface area contributed by atoms with Gasteiger partial charge in [0.2, 0.25) is 0 Å². The lowest BCUT2D eigenvalue weighted by Gasteiger charge is -2.04. The minimum Gasteiger partial charge on any atom is -0.258 e. The maximum absolute atomic E-state index is 7.03. The summed E-state index contributed by atoms with van der Waals surface area (Å²) in [4.78, 5) is 2.04. The van der Waals surface area contributed by atoms with E-state index in [9.17, 15) is 0 Å². The predicted octanol–water partition coefficient (Wildman–Crippen LogP) is 2.73. The summed E-state index contributed by atoms with van der Waals surface area (Å²) in [6, 6.07) is 0. The summed E-state index contributed by atoms with van der Waals surface area (Å²) in [6.07, 6.45) is 13.5. The van der Waals surface area contributed by atoms with E-state index >= 15 is 0 Å². The van der Waals surface area contributed by atoms with Gasteiger partial charge in [-0.3, -0.25) is 5.41 Å². The minimum atomic E-state index is 0.871. The van der Waals surface area contributed by atoms with E-state index in [-0.39, 0.29) is 0 Å². The normalized spacial score (nSPS) is 14.2. The van der Waals surface area contributed by atoms with Crippen molar-refractivity contribution in [3.63, 3.8) is 0 Å². The Labute approximate surface area is 80.4 Å². The summed E-state index contributed by atoms with van der Waals surface area (Å²) in [5.41, 5.74) is 0.871. The van der Waals surface area contributed by atoms with Crippen LogP contribution in [0.15, 0.2) is 17.8 Å². The third-order valence-corrected chi connectivity index (χ3v) is 2.11. The van der Waals surface area contributed by atoms with Crippen molar-refractivity contribution in [2.75, 3.05) is 6.54 Å². The van der Waals surface area contributed by atoms with Crippen LogP contribution in [0.1, 0.15) is 32.6 Å². The lowest BCUT2D eigenvalue weighted by atomic mass is 10.2. The molecule has 0 bridgehead atoms. The van der Waals surface area contributed by atoms with Crippen LogP contribution in [0.25, 0.3) is 0 Å². The molecule has 0 aliphatic carbocycles. The van der Waals surface area contributed by atoms with Gasteiger partial charge < -0.3 is 0 Å². The zero-order valence-electron chi connectivity index (χ0n) is 8.21. The third-order valence-electron chi connectivity index (χ3n) is 2.11. The molecule has 0 spiro atoms. The van der Waals surface area contributed by atoms with E-state index in [2.05, 4.69) is 13.1 Å². The molecule has 0 amide bonds. The summed E-state index contributed by atoms with van der Waals surface area (Å²) in [5, 5.41) is 7.03. The molecule has 0 atom stereocenters. The molecule has 1 N–H and O–H groups in total. The van der Waals surface area contributed by atoms with Crippen LogP contribution in [-0.4, -0.2) is 17.7 Å². The molecule has 2 heteroatoms. The second-order valence-electron chi connectivity index (χ2n) is 3.28. The standard InChI is InChI=1S/C11H17N2/c1-2-3-4-5-7-13-8-6-11(9-12)10-13/h6,8-9,12H,2-5,7H2,1H3/q+1. The number of nitrogens with one attached hydrogen (secondary N) is 1. The number of hydrogen-bond donors (Lipinski definition) is 1. The van der Waals surface area contributed by atoms with Gasteiger partial charge in [0.1, 0.15) is 18.6 Å². The molecule has 0 fully saturated rings. The summed E-state index contributed by atoms with van der Waals surface area (Å²) >= 11 is 0. The molecule has 70 valence electrons. The van der Waals surface area contributed by atoms with Crippen LogP contribution in [0.5, 0.6) is 0 Å². The van der Waals surface area contributed by atoms with E-state index in [1.807, 2.05) is 17.2 Å². The molecule has 0 saturated carbocycles. The molecule has 0 saturated heterocycles. The Kier molecular flexibility index (Phi) is 4.20. The minimum absolute atomic E-state index is 0.871. The first-order chi connectivity index (χ1) is 6.36. The molecule has 1 rings (SSSR count). The molecular formula is C11H17N2+. The van der Waals surface area contributed by atoms with Crippen molar-refractivity contribution in [2.45, 2.75) is 32.6 Å². The van der Waals surface area contributed by atoms with Gasteiger partial charge in [-0.25, -0.2) is 4.90 Å². The van der Waals surface area contributed by atoms with Crippen LogP contribution < -0.4 is 0 Å². The Balaban J connectivity index is 2.14. The third kappa shape index (κ3) is 3.39. The van der Waals surface area contributed by atoms with Crippen molar-refractivity contribution in [3.8, 4) is 0 Å². The van der Waals surface area contributed by atoms with Gasteiger partial charge in [-0.2, -0.15) is 0 Å². The summed E-state index contributed by atoms with van der Waals surface area (Å²) in [5.74, 6) is 0. The number of nitrogens with zero attached hydrogens (tertiary/aromatic N) is 1. The van der Waals surface area contributed by atoms with Crippen molar-refractivity contribution in [2.24, 2.45) is 0 Å². The van der Waals surface area contributed by atoms with Crippen molar-refractivity contribution in [1.29, 1.82) is 5.41 Å². The van der Waals surface area contributed by atoms with Gasteiger partial charge in [0.15, 0.2) is 5.57 Å². The predicted molar refractivity (Wildman–Crippen MR) is 55.5 cm³/mol. The zero-order chi connectivity index (χ0) is 9.52. The maximum Gasteiger partial charge on any atom is 0.194 e.